The normalized spacial score (nSPS) is 13.5. The molecule has 3 rings (SSSR count). The smallest absolute Gasteiger partial charge is 0.220 e. The molecule has 0 aromatic heterocycles. The summed E-state index contributed by atoms with van der Waals surface area (Å²) in [6.45, 7) is 2.19. The van der Waals surface area contributed by atoms with Gasteiger partial charge in [-0.1, -0.05) is 36.4 Å². The lowest BCUT2D eigenvalue weighted by Gasteiger charge is -2.18. The van der Waals surface area contributed by atoms with Crippen molar-refractivity contribution in [1.82, 2.24) is 5.32 Å². The van der Waals surface area contributed by atoms with Crippen molar-refractivity contribution < 1.29 is 19.5 Å². The zero-order chi connectivity index (χ0) is 20.1. The number of phenolic OH excluding ortho intramolecular Hbond substituents is 1. The summed E-state index contributed by atoms with van der Waals surface area (Å²) in [5.74, 6) is -0.0771. The van der Waals surface area contributed by atoms with Gasteiger partial charge < -0.3 is 10.4 Å². The Hall–Kier alpha value is -3.21. The number of hydrogen-bond donors (Lipinski definition) is 2. The van der Waals surface area contributed by atoms with E-state index in [1.165, 1.54) is 0 Å². The number of hydrogen-bond acceptors (Lipinski definition) is 4. The highest BCUT2D eigenvalue weighted by Gasteiger charge is 2.28. The Morgan fingerprint density at radius 2 is 1.57 bits per heavy atom. The van der Waals surface area contributed by atoms with E-state index in [4.69, 9.17) is 0 Å². The van der Waals surface area contributed by atoms with Crippen LogP contribution in [0, 0.1) is 0 Å². The first-order valence-corrected chi connectivity index (χ1v) is 9.40. The molecule has 1 aliphatic rings. The molecule has 2 aromatic carbocycles. The van der Waals surface area contributed by atoms with Gasteiger partial charge in [0.2, 0.25) is 5.91 Å². The molecular formula is C23H23NO4. The minimum absolute atomic E-state index is 0.0768. The molecule has 5 nitrogen and oxygen atoms in total. The number of amides is 1. The van der Waals surface area contributed by atoms with Crippen LogP contribution >= 0.6 is 0 Å². The van der Waals surface area contributed by atoms with Crippen LogP contribution in [-0.4, -0.2) is 29.1 Å². The second-order valence-corrected chi connectivity index (χ2v) is 6.93. The Balaban J connectivity index is 1.48. The van der Waals surface area contributed by atoms with E-state index < -0.39 is 0 Å². The van der Waals surface area contributed by atoms with Gasteiger partial charge in [-0.15, -0.1) is 0 Å². The number of Topliss-reactive ketones (excluding diaryl/α,β-unsaturated/α-hetero) is 2. The summed E-state index contributed by atoms with van der Waals surface area (Å²) in [4.78, 5) is 37.2. The summed E-state index contributed by atoms with van der Waals surface area (Å²) in [6.07, 6.45) is 1.91. The van der Waals surface area contributed by atoms with E-state index in [2.05, 4.69) is 5.32 Å². The molecule has 2 aromatic rings. The molecule has 0 heterocycles. The molecule has 0 saturated heterocycles. The molecule has 2 N–H and O–H groups in total. The SMILES string of the molecule is CC1=C(CCCC(=O)NCCc2ccc(O)cc2)C(=O)c2ccccc2C1=O. The monoisotopic (exact) mass is 377 g/mol. The Kier molecular flexibility index (Phi) is 6.04. The molecule has 0 unspecified atom stereocenters. The van der Waals surface area contributed by atoms with Gasteiger partial charge in [0.15, 0.2) is 11.6 Å². The van der Waals surface area contributed by atoms with Gasteiger partial charge in [-0.3, -0.25) is 14.4 Å². The number of ketones is 2. The fraction of sp³-hybridized carbons (Fsp3) is 0.261. The molecule has 144 valence electrons. The quantitative estimate of drug-likeness (QED) is 0.772. The number of allylic oxidation sites excluding steroid dienone is 2. The Bertz CT molecular complexity index is 941. The van der Waals surface area contributed by atoms with Crippen molar-refractivity contribution in [3.63, 3.8) is 0 Å². The maximum absolute atomic E-state index is 12.7. The minimum atomic E-state index is -0.111. The number of fused-ring (bicyclic) bond motifs is 1. The molecule has 0 bridgehead atoms. The third kappa shape index (κ3) is 4.36. The van der Waals surface area contributed by atoms with E-state index in [9.17, 15) is 19.5 Å². The van der Waals surface area contributed by atoms with E-state index in [1.54, 1.807) is 43.3 Å². The van der Waals surface area contributed by atoms with E-state index in [0.717, 1.165) is 5.56 Å². The minimum Gasteiger partial charge on any atom is -0.508 e. The van der Waals surface area contributed by atoms with Gasteiger partial charge in [0.1, 0.15) is 5.75 Å². The van der Waals surface area contributed by atoms with Crippen LogP contribution in [0.4, 0.5) is 0 Å². The van der Waals surface area contributed by atoms with Gasteiger partial charge in [0.05, 0.1) is 0 Å². The highest BCUT2D eigenvalue weighted by Crippen LogP contribution is 2.28. The number of nitrogens with one attached hydrogen (secondary N) is 1. The van der Waals surface area contributed by atoms with Crippen molar-refractivity contribution in [2.24, 2.45) is 0 Å². The summed E-state index contributed by atoms with van der Waals surface area (Å²) in [7, 11) is 0. The summed E-state index contributed by atoms with van der Waals surface area (Å²) in [5.41, 5.74) is 2.94. The van der Waals surface area contributed by atoms with Crippen LogP contribution in [0.3, 0.4) is 0 Å². The van der Waals surface area contributed by atoms with Crippen molar-refractivity contribution in [2.75, 3.05) is 6.54 Å². The number of phenols is 1. The van der Waals surface area contributed by atoms with Gasteiger partial charge in [-0.05, 0) is 43.9 Å². The molecule has 0 spiro atoms. The Labute approximate surface area is 164 Å². The fourth-order valence-electron chi connectivity index (χ4n) is 3.38. The van der Waals surface area contributed by atoms with Crippen LogP contribution in [0.25, 0.3) is 0 Å². The molecule has 1 amide bonds. The highest BCUT2D eigenvalue weighted by atomic mass is 16.3. The van der Waals surface area contributed by atoms with Crippen molar-refractivity contribution in [3.8, 4) is 5.75 Å². The second-order valence-electron chi connectivity index (χ2n) is 6.93. The topological polar surface area (TPSA) is 83.5 Å². The maximum Gasteiger partial charge on any atom is 0.220 e. The predicted molar refractivity (Wildman–Crippen MR) is 106 cm³/mol. The Morgan fingerprint density at radius 3 is 2.25 bits per heavy atom. The molecule has 0 atom stereocenters. The summed E-state index contributed by atoms with van der Waals surface area (Å²) in [6, 6.07) is 13.7. The molecule has 0 aliphatic heterocycles. The lowest BCUT2D eigenvalue weighted by molar-refractivity contribution is -0.121. The van der Waals surface area contributed by atoms with Gasteiger partial charge in [-0.25, -0.2) is 0 Å². The molecule has 5 heteroatoms. The average Bonchev–Trinajstić information content (AvgIpc) is 2.70. The summed E-state index contributed by atoms with van der Waals surface area (Å²) in [5, 5.41) is 12.1. The third-order valence-electron chi connectivity index (χ3n) is 4.99. The van der Waals surface area contributed by atoms with Crippen molar-refractivity contribution >= 4 is 17.5 Å². The van der Waals surface area contributed by atoms with Gasteiger partial charge in [-0.2, -0.15) is 0 Å². The fourth-order valence-corrected chi connectivity index (χ4v) is 3.38. The van der Waals surface area contributed by atoms with Crippen molar-refractivity contribution in [3.05, 3.63) is 76.4 Å². The number of aromatic hydroxyl groups is 1. The third-order valence-corrected chi connectivity index (χ3v) is 4.99. The van der Waals surface area contributed by atoms with Crippen LogP contribution in [0.5, 0.6) is 5.75 Å². The van der Waals surface area contributed by atoms with Crippen LogP contribution < -0.4 is 5.32 Å². The second kappa shape index (κ2) is 8.65. The molecule has 28 heavy (non-hydrogen) atoms. The summed E-state index contributed by atoms with van der Waals surface area (Å²) >= 11 is 0. The first-order valence-electron chi connectivity index (χ1n) is 9.40. The van der Waals surface area contributed by atoms with E-state index in [-0.39, 0.29) is 23.2 Å². The predicted octanol–water partition coefficient (Wildman–Crippen LogP) is 3.62. The zero-order valence-corrected chi connectivity index (χ0v) is 15.8. The summed E-state index contributed by atoms with van der Waals surface area (Å²) < 4.78 is 0. The first kappa shape index (κ1) is 19.5. The van der Waals surface area contributed by atoms with Crippen LogP contribution in [-0.2, 0) is 11.2 Å². The molecular weight excluding hydrogens is 354 g/mol. The van der Waals surface area contributed by atoms with Crippen LogP contribution in [0.15, 0.2) is 59.7 Å². The standard InChI is InChI=1S/C23H23NO4/c1-15-18(23(28)20-6-3-2-5-19(20)22(15)27)7-4-8-21(26)24-14-13-16-9-11-17(25)12-10-16/h2-3,5-6,9-12,25H,4,7-8,13-14H2,1H3,(H,24,26). The first-order chi connectivity index (χ1) is 13.5. The number of carbonyl (C=O) groups is 3. The lowest BCUT2D eigenvalue weighted by Crippen LogP contribution is -2.25. The van der Waals surface area contributed by atoms with Crippen molar-refractivity contribution in [1.29, 1.82) is 0 Å². The molecule has 0 fully saturated rings. The number of rotatable bonds is 7. The Morgan fingerprint density at radius 1 is 0.929 bits per heavy atom. The van der Waals surface area contributed by atoms with Crippen LogP contribution in [0.2, 0.25) is 0 Å². The molecule has 1 aliphatic carbocycles. The molecule has 0 saturated carbocycles. The highest BCUT2D eigenvalue weighted by molar-refractivity contribution is 6.26. The van der Waals surface area contributed by atoms with E-state index in [0.29, 0.717) is 54.5 Å². The van der Waals surface area contributed by atoms with E-state index in [1.807, 2.05) is 12.1 Å². The number of carbonyl (C=O) groups excluding carboxylic acids is 3. The van der Waals surface area contributed by atoms with Gasteiger partial charge in [0, 0.05) is 35.2 Å². The van der Waals surface area contributed by atoms with Gasteiger partial charge >= 0.3 is 0 Å². The van der Waals surface area contributed by atoms with Crippen molar-refractivity contribution in [2.45, 2.75) is 32.6 Å². The van der Waals surface area contributed by atoms with Crippen LogP contribution in [0.1, 0.15) is 52.5 Å². The van der Waals surface area contributed by atoms with E-state index >= 15 is 0 Å². The zero-order valence-electron chi connectivity index (χ0n) is 15.8. The molecule has 0 radical (unpaired) electrons. The lowest BCUT2D eigenvalue weighted by atomic mass is 9.83. The van der Waals surface area contributed by atoms with Gasteiger partial charge in [0.25, 0.3) is 0 Å². The maximum atomic E-state index is 12.7. The average molecular weight is 377 g/mol. The largest absolute Gasteiger partial charge is 0.508 e. The number of benzene rings is 2.